The fourth-order valence-electron chi connectivity index (χ4n) is 1.65. The Kier molecular flexibility index (Phi) is 2.75. The molecule has 0 bridgehead atoms. The summed E-state index contributed by atoms with van der Waals surface area (Å²) in [4.78, 5) is 13.0. The van der Waals surface area contributed by atoms with Crippen LogP contribution in [-0.4, -0.2) is 31.6 Å². The first-order valence-corrected chi connectivity index (χ1v) is 5.70. The first kappa shape index (κ1) is 12.0. The third kappa shape index (κ3) is 2.03. The number of fused-ring (bicyclic) bond motifs is 1. The molecule has 0 unspecified atom stereocenters. The van der Waals surface area contributed by atoms with Crippen LogP contribution in [0.5, 0.6) is 5.75 Å². The number of hydrogen-bond acceptors (Lipinski definition) is 7. The molecule has 0 radical (unpaired) electrons. The normalized spacial score (nSPS) is 11.4. The fraction of sp³-hybridized carbons (Fsp3) is 0.0833. The topological polar surface area (TPSA) is 106 Å². The van der Waals surface area contributed by atoms with Crippen molar-refractivity contribution in [2.75, 3.05) is 0 Å². The van der Waals surface area contributed by atoms with Gasteiger partial charge in [-0.3, -0.25) is 4.79 Å². The molecular weight excluding hydrogens is 262 g/mol. The average molecular weight is 271 g/mol. The lowest BCUT2D eigenvalue weighted by Crippen LogP contribution is -2.20. The minimum atomic E-state index is -0.455. The van der Waals surface area contributed by atoms with Crippen molar-refractivity contribution in [2.24, 2.45) is 5.10 Å². The van der Waals surface area contributed by atoms with Crippen molar-refractivity contribution < 1.29 is 9.63 Å². The van der Waals surface area contributed by atoms with Crippen LogP contribution in [0, 0.1) is 6.92 Å². The molecule has 0 aliphatic carbocycles. The molecule has 3 aromatic rings. The molecule has 2 aromatic heterocycles. The Hall–Kier alpha value is -3.03. The van der Waals surface area contributed by atoms with Gasteiger partial charge < -0.3 is 9.63 Å². The Morgan fingerprint density at radius 1 is 1.35 bits per heavy atom. The van der Waals surface area contributed by atoms with Crippen LogP contribution in [0.25, 0.3) is 11.1 Å². The standard InChI is InChI=1S/C12H9N5O3/c1-7-10-11(20-15-7)14-16-17(12(10)19)13-6-8-2-4-9(18)5-3-8/h2-6,18H,1H3/b13-6+. The molecule has 3 rings (SSSR count). The molecule has 100 valence electrons. The molecular formula is C12H9N5O3. The van der Waals surface area contributed by atoms with Gasteiger partial charge in [-0.15, -0.1) is 0 Å². The molecule has 0 aliphatic heterocycles. The third-order valence-corrected chi connectivity index (χ3v) is 2.67. The summed E-state index contributed by atoms with van der Waals surface area (Å²) >= 11 is 0. The highest BCUT2D eigenvalue weighted by Crippen LogP contribution is 2.09. The van der Waals surface area contributed by atoms with Gasteiger partial charge in [0.2, 0.25) is 0 Å². The second-order valence-corrected chi connectivity index (χ2v) is 4.07. The summed E-state index contributed by atoms with van der Waals surface area (Å²) in [6, 6.07) is 6.34. The average Bonchev–Trinajstić information content (AvgIpc) is 2.82. The van der Waals surface area contributed by atoms with Gasteiger partial charge in [0.15, 0.2) is 0 Å². The van der Waals surface area contributed by atoms with E-state index in [2.05, 4.69) is 20.6 Å². The van der Waals surface area contributed by atoms with E-state index < -0.39 is 5.56 Å². The molecule has 0 fully saturated rings. The lowest BCUT2D eigenvalue weighted by atomic mass is 10.2. The lowest BCUT2D eigenvalue weighted by Gasteiger charge is -1.95. The fourth-order valence-corrected chi connectivity index (χ4v) is 1.65. The predicted molar refractivity (Wildman–Crippen MR) is 69.7 cm³/mol. The van der Waals surface area contributed by atoms with Crippen LogP contribution in [-0.2, 0) is 0 Å². The maximum absolute atomic E-state index is 12.1. The summed E-state index contributed by atoms with van der Waals surface area (Å²) in [5.41, 5.74) is 0.777. The van der Waals surface area contributed by atoms with Gasteiger partial charge in [-0.1, -0.05) is 15.0 Å². The van der Waals surface area contributed by atoms with Crippen molar-refractivity contribution in [3.05, 3.63) is 45.9 Å². The molecule has 8 nitrogen and oxygen atoms in total. The third-order valence-electron chi connectivity index (χ3n) is 2.67. The van der Waals surface area contributed by atoms with Crippen LogP contribution >= 0.6 is 0 Å². The number of benzene rings is 1. The maximum Gasteiger partial charge on any atom is 0.304 e. The molecule has 8 heteroatoms. The van der Waals surface area contributed by atoms with Gasteiger partial charge in [0.25, 0.3) is 5.71 Å². The molecule has 0 spiro atoms. The zero-order valence-corrected chi connectivity index (χ0v) is 10.4. The highest BCUT2D eigenvalue weighted by atomic mass is 16.5. The predicted octanol–water partition coefficient (Wildman–Crippen LogP) is 0.676. The van der Waals surface area contributed by atoms with Crippen molar-refractivity contribution in [1.29, 1.82) is 0 Å². The zero-order chi connectivity index (χ0) is 14.1. The molecule has 0 saturated carbocycles. The Balaban J connectivity index is 2.02. The number of rotatable bonds is 2. The van der Waals surface area contributed by atoms with E-state index in [-0.39, 0.29) is 16.8 Å². The van der Waals surface area contributed by atoms with E-state index in [9.17, 15) is 9.90 Å². The molecule has 1 aromatic carbocycles. The van der Waals surface area contributed by atoms with Crippen LogP contribution in [0.1, 0.15) is 11.3 Å². The van der Waals surface area contributed by atoms with Gasteiger partial charge in [-0.2, -0.15) is 5.10 Å². The van der Waals surface area contributed by atoms with E-state index in [1.54, 1.807) is 19.1 Å². The molecule has 2 heterocycles. The van der Waals surface area contributed by atoms with E-state index in [0.29, 0.717) is 11.3 Å². The first-order valence-electron chi connectivity index (χ1n) is 5.70. The molecule has 0 aliphatic rings. The Morgan fingerprint density at radius 3 is 2.85 bits per heavy atom. The number of hydrogen-bond donors (Lipinski definition) is 1. The Morgan fingerprint density at radius 2 is 2.10 bits per heavy atom. The molecule has 1 N–H and O–H groups in total. The molecule has 0 amide bonds. The summed E-state index contributed by atoms with van der Waals surface area (Å²) in [6.07, 6.45) is 1.43. The van der Waals surface area contributed by atoms with Crippen LogP contribution in [0.4, 0.5) is 0 Å². The van der Waals surface area contributed by atoms with Crippen LogP contribution in [0.3, 0.4) is 0 Å². The minimum Gasteiger partial charge on any atom is -0.508 e. The quantitative estimate of drug-likeness (QED) is 0.687. The number of phenols is 1. The lowest BCUT2D eigenvalue weighted by molar-refractivity contribution is 0.436. The van der Waals surface area contributed by atoms with Gasteiger partial charge >= 0.3 is 5.56 Å². The summed E-state index contributed by atoms with van der Waals surface area (Å²) in [5, 5.41) is 24.4. The van der Waals surface area contributed by atoms with E-state index in [0.717, 1.165) is 4.79 Å². The Bertz CT molecular complexity index is 848. The molecule has 0 atom stereocenters. The van der Waals surface area contributed by atoms with Crippen molar-refractivity contribution in [2.45, 2.75) is 6.92 Å². The number of phenolic OH excluding ortho intramolecular Hbond substituents is 1. The summed E-state index contributed by atoms with van der Waals surface area (Å²) in [5.74, 6) is 0.153. The van der Waals surface area contributed by atoms with Crippen LogP contribution in [0.2, 0.25) is 0 Å². The number of aromatic nitrogens is 4. The number of aryl methyl sites for hydroxylation is 1. The zero-order valence-electron chi connectivity index (χ0n) is 10.4. The van der Waals surface area contributed by atoms with E-state index in [1.165, 1.54) is 18.3 Å². The van der Waals surface area contributed by atoms with Gasteiger partial charge in [0.05, 0.1) is 11.9 Å². The van der Waals surface area contributed by atoms with Gasteiger partial charge in [-0.05, 0) is 42.0 Å². The summed E-state index contributed by atoms with van der Waals surface area (Å²) in [6.45, 7) is 1.64. The number of aromatic hydroxyl groups is 1. The highest BCUT2D eigenvalue weighted by Gasteiger charge is 2.12. The van der Waals surface area contributed by atoms with Gasteiger partial charge in [0, 0.05) is 0 Å². The second kappa shape index (κ2) is 4.57. The SMILES string of the molecule is Cc1noc2nnn(/N=C/c3ccc(O)cc3)c(=O)c12. The van der Waals surface area contributed by atoms with Crippen molar-refractivity contribution in [1.82, 2.24) is 20.3 Å². The molecule has 0 saturated heterocycles. The van der Waals surface area contributed by atoms with Crippen LogP contribution < -0.4 is 5.56 Å². The monoisotopic (exact) mass is 271 g/mol. The van der Waals surface area contributed by atoms with E-state index in [4.69, 9.17) is 4.52 Å². The molecule has 20 heavy (non-hydrogen) atoms. The second-order valence-electron chi connectivity index (χ2n) is 4.07. The largest absolute Gasteiger partial charge is 0.508 e. The smallest absolute Gasteiger partial charge is 0.304 e. The summed E-state index contributed by atoms with van der Waals surface area (Å²) < 4.78 is 4.84. The maximum atomic E-state index is 12.1. The Labute approximate surface area is 111 Å². The van der Waals surface area contributed by atoms with Gasteiger partial charge in [-0.25, -0.2) is 0 Å². The summed E-state index contributed by atoms with van der Waals surface area (Å²) in [7, 11) is 0. The highest BCUT2D eigenvalue weighted by molar-refractivity contribution is 5.79. The van der Waals surface area contributed by atoms with Crippen molar-refractivity contribution in [3.8, 4) is 5.75 Å². The van der Waals surface area contributed by atoms with E-state index in [1.807, 2.05) is 0 Å². The van der Waals surface area contributed by atoms with Crippen molar-refractivity contribution in [3.63, 3.8) is 0 Å². The number of nitrogens with zero attached hydrogens (tertiary/aromatic N) is 5. The minimum absolute atomic E-state index is 0.0867. The van der Waals surface area contributed by atoms with E-state index >= 15 is 0 Å². The van der Waals surface area contributed by atoms with Crippen molar-refractivity contribution >= 4 is 17.3 Å². The first-order chi connectivity index (χ1) is 9.65. The van der Waals surface area contributed by atoms with Gasteiger partial charge in [0.1, 0.15) is 11.1 Å². The van der Waals surface area contributed by atoms with Crippen LogP contribution in [0.15, 0.2) is 38.7 Å².